The van der Waals surface area contributed by atoms with Crippen LogP contribution in [0.4, 0.5) is 5.69 Å². The van der Waals surface area contributed by atoms with Gasteiger partial charge in [-0.3, -0.25) is 9.78 Å². The Morgan fingerprint density at radius 3 is 2.80 bits per heavy atom. The molecule has 0 aliphatic rings. The number of anilines is 1. The number of rotatable bonds is 3. The minimum absolute atomic E-state index is 0.172. The average Bonchev–Trinajstić information content (AvgIpc) is 2.42. The van der Waals surface area contributed by atoms with E-state index in [9.17, 15) is 4.79 Å². The maximum atomic E-state index is 12.3. The second-order valence-electron chi connectivity index (χ2n) is 4.23. The van der Waals surface area contributed by atoms with Crippen molar-refractivity contribution in [3.63, 3.8) is 0 Å². The standard InChI is InChI=1S/C14H13Cl2N3O/c1-3-10-9(5-4-6-17-10)14(20)19-12-8(2)7-11(15)18-13(12)16/h4-7H,3H2,1-2H3,(H,19,20). The number of pyridine rings is 2. The third kappa shape index (κ3) is 3.08. The van der Waals surface area contributed by atoms with Crippen LogP contribution in [0.1, 0.15) is 28.5 Å². The van der Waals surface area contributed by atoms with Crippen molar-refractivity contribution in [1.82, 2.24) is 9.97 Å². The Morgan fingerprint density at radius 1 is 1.40 bits per heavy atom. The molecule has 0 aliphatic carbocycles. The lowest BCUT2D eigenvalue weighted by Crippen LogP contribution is -2.16. The monoisotopic (exact) mass is 309 g/mol. The van der Waals surface area contributed by atoms with Gasteiger partial charge >= 0.3 is 0 Å². The second-order valence-corrected chi connectivity index (χ2v) is 4.98. The van der Waals surface area contributed by atoms with Crippen molar-refractivity contribution in [3.8, 4) is 0 Å². The van der Waals surface area contributed by atoms with E-state index in [2.05, 4.69) is 15.3 Å². The van der Waals surface area contributed by atoms with Crippen molar-refractivity contribution < 1.29 is 4.79 Å². The number of carbonyl (C=O) groups is 1. The number of hydrogen-bond acceptors (Lipinski definition) is 3. The number of nitrogens with one attached hydrogen (secondary N) is 1. The molecule has 1 N–H and O–H groups in total. The largest absolute Gasteiger partial charge is 0.319 e. The van der Waals surface area contributed by atoms with E-state index in [1.807, 2.05) is 6.92 Å². The van der Waals surface area contributed by atoms with E-state index in [4.69, 9.17) is 23.2 Å². The molecule has 0 unspecified atom stereocenters. The van der Waals surface area contributed by atoms with Crippen LogP contribution in [-0.2, 0) is 6.42 Å². The van der Waals surface area contributed by atoms with Gasteiger partial charge in [-0.05, 0) is 37.1 Å². The zero-order chi connectivity index (χ0) is 14.7. The van der Waals surface area contributed by atoms with Gasteiger partial charge in [0, 0.05) is 6.20 Å². The van der Waals surface area contributed by atoms with Crippen molar-refractivity contribution in [1.29, 1.82) is 0 Å². The summed E-state index contributed by atoms with van der Waals surface area (Å²) in [5, 5.41) is 3.23. The first kappa shape index (κ1) is 14.8. The number of nitrogens with zero attached hydrogens (tertiary/aromatic N) is 2. The molecule has 0 spiro atoms. The number of amides is 1. The lowest BCUT2D eigenvalue weighted by Gasteiger charge is -2.11. The quantitative estimate of drug-likeness (QED) is 0.875. The van der Waals surface area contributed by atoms with Gasteiger partial charge in [-0.25, -0.2) is 4.98 Å². The van der Waals surface area contributed by atoms with Crippen molar-refractivity contribution in [2.75, 3.05) is 5.32 Å². The van der Waals surface area contributed by atoms with Crippen LogP contribution >= 0.6 is 23.2 Å². The molecule has 4 nitrogen and oxygen atoms in total. The van der Waals surface area contributed by atoms with Gasteiger partial charge in [0.2, 0.25) is 0 Å². The van der Waals surface area contributed by atoms with Crippen LogP contribution in [-0.4, -0.2) is 15.9 Å². The molecule has 0 radical (unpaired) electrons. The molecule has 0 saturated heterocycles. The summed E-state index contributed by atoms with van der Waals surface area (Å²) in [5.41, 5.74) is 2.48. The number of hydrogen-bond donors (Lipinski definition) is 1. The zero-order valence-electron chi connectivity index (χ0n) is 11.1. The Kier molecular flexibility index (Phi) is 4.57. The van der Waals surface area contributed by atoms with Gasteiger partial charge in [-0.2, -0.15) is 0 Å². The summed E-state index contributed by atoms with van der Waals surface area (Å²) in [4.78, 5) is 20.4. The highest BCUT2D eigenvalue weighted by molar-refractivity contribution is 6.35. The SMILES string of the molecule is CCc1ncccc1C(=O)Nc1c(C)cc(Cl)nc1Cl. The van der Waals surface area contributed by atoms with E-state index < -0.39 is 0 Å². The van der Waals surface area contributed by atoms with Crippen LogP contribution < -0.4 is 5.32 Å². The smallest absolute Gasteiger partial charge is 0.257 e. The predicted octanol–water partition coefficient (Wildman–Crippen LogP) is 3.91. The van der Waals surface area contributed by atoms with E-state index in [0.29, 0.717) is 22.8 Å². The lowest BCUT2D eigenvalue weighted by molar-refractivity contribution is 0.102. The zero-order valence-corrected chi connectivity index (χ0v) is 12.6. The average molecular weight is 310 g/mol. The number of aromatic nitrogens is 2. The first-order valence-electron chi connectivity index (χ1n) is 6.10. The van der Waals surface area contributed by atoms with Gasteiger partial charge < -0.3 is 5.32 Å². The first-order chi connectivity index (χ1) is 9.52. The maximum Gasteiger partial charge on any atom is 0.257 e. The van der Waals surface area contributed by atoms with E-state index in [-0.39, 0.29) is 11.1 Å². The molecule has 2 aromatic rings. The van der Waals surface area contributed by atoms with Crippen LogP contribution in [0.3, 0.4) is 0 Å². The summed E-state index contributed by atoms with van der Waals surface area (Å²) in [5.74, 6) is -0.260. The van der Waals surface area contributed by atoms with Crippen LogP contribution in [0.5, 0.6) is 0 Å². The molecule has 2 rings (SSSR count). The van der Waals surface area contributed by atoms with E-state index in [1.54, 1.807) is 31.3 Å². The molecule has 20 heavy (non-hydrogen) atoms. The van der Waals surface area contributed by atoms with Crippen molar-refractivity contribution in [3.05, 3.63) is 51.5 Å². The van der Waals surface area contributed by atoms with E-state index in [1.165, 1.54) is 0 Å². The summed E-state index contributed by atoms with van der Waals surface area (Å²) in [6.45, 7) is 3.75. The van der Waals surface area contributed by atoms with Crippen molar-refractivity contribution in [2.24, 2.45) is 0 Å². The molecule has 0 atom stereocenters. The Bertz CT molecular complexity index is 636. The summed E-state index contributed by atoms with van der Waals surface area (Å²) in [6.07, 6.45) is 2.34. The minimum atomic E-state index is -0.260. The Hall–Kier alpha value is -1.65. The summed E-state index contributed by atoms with van der Waals surface area (Å²) < 4.78 is 0. The lowest BCUT2D eigenvalue weighted by atomic mass is 10.1. The molecule has 1 amide bonds. The molecular weight excluding hydrogens is 297 g/mol. The van der Waals surface area contributed by atoms with Gasteiger partial charge in [0.05, 0.1) is 16.9 Å². The highest BCUT2D eigenvalue weighted by Gasteiger charge is 2.15. The predicted molar refractivity (Wildman–Crippen MR) is 80.6 cm³/mol. The second kappa shape index (κ2) is 6.20. The van der Waals surface area contributed by atoms with Crippen LogP contribution in [0.25, 0.3) is 0 Å². The van der Waals surface area contributed by atoms with Gasteiger partial charge in [0.15, 0.2) is 5.15 Å². The molecule has 0 aliphatic heterocycles. The summed E-state index contributed by atoms with van der Waals surface area (Å²) in [6, 6.07) is 5.10. The van der Waals surface area contributed by atoms with Crippen LogP contribution in [0, 0.1) is 6.92 Å². The molecule has 6 heteroatoms. The van der Waals surface area contributed by atoms with Crippen LogP contribution in [0.15, 0.2) is 24.4 Å². The minimum Gasteiger partial charge on any atom is -0.319 e. The Morgan fingerprint density at radius 2 is 2.15 bits per heavy atom. The number of carbonyl (C=O) groups excluding carboxylic acids is 1. The summed E-state index contributed by atoms with van der Waals surface area (Å²) in [7, 11) is 0. The van der Waals surface area contributed by atoms with Gasteiger partial charge in [-0.15, -0.1) is 0 Å². The molecule has 104 valence electrons. The molecule has 2 heterocycles. The molecule has 0 bridgehead atoms. The fourth-order valence-corrected chi connectivity index (χ4v) is 2.43. The molecule has 2 aromatic heterocycles. The first-order valence-corrected chi connectivity index (χ1v) is 6.86. The van der Waals surface area contributed by atoms with E-state index >= 15 is 0 Å². The normalized spacial score (nSPS) is 10.4. The number of aryl methyl sites for hydroxylation is 2. The topological polar surface area (TPSA) is 54.9 Å². The fraction of sp³-hybridized carbons (Fsp3) is 0.214. The van der Waals surface area contributed by atoms with Gasteiger partial charge in [-0.1, -0.05) is 30.1 Å². The van der Waals surface area contributed by atoms with Crippen molar-refractivity contribution in [2.45, 2.75) is 20.3 Å². The highest BCUT2D eigenvalue weighted by Crippen LogP contribution is 2.27. The number of halogens is 2. The molecule has 0 aromatic carbocycles. The third-order valence-electron chi connectivity index (χ3n) is 2.85. The van der Waals surface area contributed by atoms with Gasteiger partial charge in [0.1, 0.15) is 5.15 Å². The summed E-state index contributed by atoms with van der Waals surface area (Å²) >= 11 is 11.8. The fourth-order valence-electron chi connectivity index (χ4n) is 1.85. The highest BCUT2D eigenvalue weighted by atomic mass is 35.5. The van der Waals surface area contributed by atoms with E-state index in [0.717, 1.165) is 11.3 Å². The Labute approximate surface area is 127 Å². The molecule has 0 saturated carbocycles. The van der Waals surface area contributed by atoms with Crippen molar-refractivity contribution >= 4 is 34.8 Å². The third-order valence-corrected chi connectivity index (χ3v) is 3.32. The Balaban J connectivity index is 2.33. The van der Waals surface area contributed by atoms with Gasteiger partial charge in [0.25, 0.3) is 5.91 Å². The van der Waals surface area contributed by atoms with Crippen LogP contribution in [0.2, 0.25) is 10.3 Å². The molecule has 0 fully saturated rings. The molecular formula is C14H13Cl2N3O. The maximum absolute atomic E-state index is 12.3.